The summed E-state index contributed by atoms with van der Waals surface area (Å²) in [6.45, 7) is 1.92. The van der Waals surface area contributed by atoms with Crippen LogP contribution in [0.4, 0.5) is 5.69 Å². The molecular formula is C13H14ClN3O3S. The van der Waals surface area contributed by atoms with Gasteiger partial charge in [-0.1, -0.05) is 30.3 Å². The van der Waals surface area contributed by atoms with Crippen molar-refractivity contribution in [2.24, 2.45) is 0 Å². The van der Waals surface area contributed by atoms with Gasteiger partial charge in [-0.15, -0.1) is 10.2 Å². The molecule has 21 heavy (non-hydrogen) atoms. The van der Waals surface area contributed by atoms with Gasteiger partial charge in [0.15, 0.2) is 0 Å². The van der Waals surface area contributed by atoms with E-state index in [0.717, 1.165) is 0 Å². The second-order valence-electron chi connectivity index (χ2n) is 4.00. The zero-order valence-corrected chi connectivity index (χ0v) is 13.1. The number of hydrogen-bond acceptors (Lipinski definition) is 6. The fraction of sp³-hybridized carbons (Fsp3) is 0.308. The van der Waals surface area contributed by atoms with Crippen LogP contribution in [-0.2, 0) is 11.2 Å². The SMILES string of the molecule is CCc1nnc(SCC(=O)Nc2ccc(OC)c(Cl)c2)o1. The summed E-state index contributed by atoms with van der Waals surface area (Å²) in [6.07, 6.45) is 0.671. The molecule has 0 atom stereocenters. The number of nitrogens with zero attached hydrogens (tertiary/aromatic N) is 2. The normalized spacial score (nSPS) is 10.4. The average molecular weight is 328 g/mol. The second kappa shape index (κ2) is 7.33. The number of rotatable bonds is 6. The number of halogens is 1. The van der Waals surface area contributed by atoms with Crippen LogP contribution in [0.1, 0.15) is 12.8 Å². The van der Waals surface area contributed by atoms with E-state index in [1.165, 1.54) is 18.9 Å². The summed E-state index contributed by atoms with van der Waals surface area (Å²) in [5.74, 6) is 1.11. The van der Waals surface area contributed by atoms with Crippen molar-refractivity contribution in [2.45, 2.75) is 18.6 Å². The number of amides is 1. The van der Waals surface area contributed by atoms with E-state index in [4.69, 9.17) is 20.8 Å². The van der Waals surface area contributed by atoms with Crippen LogP contribution in [0.15, 0.2) is 27.8 Å². The molecule has 2 rings (SSSR count). The van der Waals surface area contributed by atoms with Crippen molar-refractivity contribution >= 4 is 35.0 Å². The summed E-state index contributed by atoms with van der Waals surface area (Å²) in [5, 5.41) is 11.2. The van der Waals surface area contributed by atoms with Gasteiger partial charge in [0.05, 0.1) is 17.9 Å². The fourth-order valence-electron chi connectivity index (χ4n) is 1.51. The highest BCUT2D eigenvalue weighted by molar-refractivity contribution is 7.99. The van der Waals surface area contributed by atoms with Crippen molar-refractivity contribution in [1.29, 1.82) is 0 Å². The van der Waals surface area contributed by atoms with E-state index in [1.54, 1.807) is 18.2 Å². The largest absolute Gasteiger partial charge is 0.495 e. The van der Waals surface area contributed by atoms with Crippen LogP contribution >= 0.6 is 23.4 Å². The van der Waals surface area contributed by atoms with Crippen molar-refractivity contribution in [1.82, 2.24) is 10.2 Å². The number of ether oxygens (including phenoxy) is 1. The van der Waals surface area contributed by atoms with Gasteiger partial charge in [0.1, 0.15) is 5.75 Å². The molecule has 0 unspecified atom stereocenters. The molecule has 0 bridgehead atoms. The third kappa shape index (κ3) is 4.37. The second-order valence-corrected chi connectivity index (χ2v) is 5.34. The van der Waals surface area contributed by atoms with Crippen molar-refractivity contribution < 1.29 is 13.9 Å². The number of methoxy groups -OCH3 is 1. The van der Waals surface area contributed by atoms with Gasteiger partial charge in [-0.3, -0.25) is 4.79 Å². The van der Waals surface area contributed by atoms with Crippen LogP contribution in [0.2, 0.25) is 5.02 Å². The Morgan fingerprint density at radius 3 is 2.90 bits per heavy atom. The number of benzene rings is 1. The van der Waals surface area contributed by atoms with Crippen LogP contribution in [0, 0.1) is 0 Å². The zero-order valence-electron chi connectivity index (χ0n) is 11.6. The molecule has 0 aliphatic heterocycles. The first-order valence-electron chi connectivity index (χ1n) is 6.21. The molecule has 0 aliphatic carbocycles. The van der Waals surface area contributed by atoms with Crippen molar-refractivity contribution in [3.8, 4) is 5.75 Å². The minimum absolute atomic E-state index is 0.176. The van der Waals surface area contributed by atoms with Gasteiger partial charge in [0.25, 0.3) is 5.22 Å². The summed E-state index contributed by atoms with van der Waals surface area (Å²) in [6, 6.07) is 5.04. The van der Waals surface area contributed by atoms with Crippen LogP contribution in [0.3, 0.4) is 0 Å². The van der Waals surface area contributed by atoms with Gasteiger partial charge < -0.3 is 14.5 Å². The minimum Gasteiger partial charge on any atom is -0.495 e. The number of carbonyl (C=O) groups is 1. The molecule has 0 radical (unpaired) electrons. The highest BCUT2D eigenvalue weighted by atomic mass is 35.5. The molecule has 0 spiro atoms. The van der Waals surface area contributed by atoms with Gasteiger partial charge in [-0.2, -0.15) is 0 Å². The molecule has 112 valence electrons. The van der Waals surface area contributed by atoms with E-state index >= 15 is 0 Å². The zero-order chi connectivity index (χ0) is 15.2. The lowest BCUT2D eigenvalue weighted by Gasteiger charge is -2.07. The lowest BCUT2D eigenvalue weighted by molar-refractivity contribution is -0.113. The lowest BCUT2D eigenvalue weighted by atomic mass is 10.3. The monoisotopic (exact) mass is 327 g/mol. The standard InChI is InChI=1S/C13H14ClN3O3S/c1-3-12-16-17-13(20-12)21-7-11(18)15-8-4-5-10(19-2)9(14)6-8/h4-6H,3,7H2,1-2H3,(H,15,18). The number of nitrogens with one attached hydrogen (secondary N) is 1. The first-order valence-corrected chi connectivity index (χ1v) is 7.57. The molecule has 2 aromatic rings. The van der Waals surface area contributed by atoms with Crippen LogP contribution in [0.5, 0.6) is 5.75 Å². The molecule has 0 saturated heterocycles. The maximum absolute atomic E-state index is 11.8. The molecule has 0 fully saturated rings. The van der Waals surface area contributed by atoms with Crippen molar-refractivity contribution in [3.63, 3.8) is 0 Å². The van der Waals surface area contributed by atoms with E-state index in [9.17, 15) is 4.79 Å². The number of aryl methyl sites for hydroxylation is 1. The number of anilines is 1. The Bertz CT molecular complexity index is 633. The van der Waals surface area contributed by atoms with Gasteiger partial charge in [0, 0.05) is 12.1 Å². The first kappa shape index (κ1) is 15.7. The smallest absolute Gasteiger partial charge is 0.277 e. The van der Waals surface area contributed by atoms with Crippen LogP contribution < -0.4 is 10.1 Å². The average Bonchev–Trinajstić information content (AvgIpc) is 2.93. The van der Waals surface area contributed by atoms with E-state index in [-0.39, 0.29) is 11.7 Å². The molecule has 1 aromatic heterocycles. The molecule has 0 saturated carbocycles. The molecule has 6 nitrogen and oxygen atoms in total. The molecule has 1 N–H and O–H groups in total. The molecule has 0 aliphatic rings. The Balaban J connectivity index is 1.88. The Morgan fingerprint density at radius 1 is 1.48 bits per heavy atom. The lowest BCUT2D eigenvalue weighted by Crippen LogP contribution is -2.14. The minimum atomic E-state index is -0.183. The maximum Gasteiger partial charge on any atom is 0.277 e. The summed E-state index contributed by atoms with van der Waals surface area (Å²) < 4.78 is 10.4. The van der Waals surface area contributed by atoms with Gasteiger partial charge in [-0.05, 0) is 18.2 Å². The number of thioether (sulfide) groups is 1. The molecule has 1 heterocycles. The third-order valence-corrected chi connectivity index (χ3v) is 3.63. The number of aromatic nitrogens is 2. The molecule has 1 aromatic carbocycles. The van der Waals surface area contributed by atoms with Gasteiger partial charge in [0.2, 0.25) is 11.8 Å². The van der Waals surface area contributed by atoms with Crippen molar-refractivity contribution in [3.05, 3.63) is 29.1 Å². The van der Waals surface area contributed by atoms with E-state index in [0.29, 0.717) is 34.0 Å². The number of carbonyl (C=O) groups excluding carboxylic acids is 1. The summed E-state index contributed by atoms with van der Waals surface area (Å²) >= 11 is 7.18. The molecular weight excluding hydrogens is 314 g/mol. The quantitative estimate of drug-likeness (QED) is 0.822. The van der Waals surface area contributed by atoms with Gasteiger partial charge in [-0.25, -0.2) is 0 Å². The Kier molecular flexibility index (Phi) is 5.46. The number of hydrogen-bond donors (Lipinski definition) is 1. The summed E-state index contributed by atoms with van der Waals surface area (Å²) in [4.78, 5) is 11.8. The maximum atomic E-state index is 11.8. The third-order valence-electron chi connectivity index (χ3n) is 2.51. The molecule has 1 amide bonds. The Labute approximate surface area is 131 Å². The highest BCUT2D eigenvalue weighted by Gasteiger charge is 2.10. The molecule has 8 heteroatoms. The first-order chi connectivity index (χ1) is 10.1. The summed E-state index contributed by atoms with van der Waals surface area (Å²) in [5.41, 5.74) is 0.603. The Morgan fingerprint density at radius 2 is 2.29 bits per heavy atom. The van der Waals surface area contributed by atoms with E-state index in [1.807, 2.05) is 6.92 Å². The predicted molar refractivity (Wildman–Crippen MR) is 81.0 cm³/mol. The Hall–Kier alpha value is -1.73. The highest BCUT2D eigenvalue weighted by Crippen LogP contribution is 2.27. The van der Waals surface area contributed by atoms with Crippen molar-refractivity contribution in [2.75, 3.05) is 18.2 Å². The van der Waals surface area contributed by atoms with Gasteiger partial charge >= 0.3 is 0 Å². The summed E-state index contributed by atoms with van der Waals surface area (Å²) in [7, 11) is 1.53. The van der Waals surface area contributed by atoms with Crippen LogP contribution in [-0.4, -0.2) is 29.0 Å². The van der Waals surface area contributed by atoms with E-state index < -0.39 is 0 Å². The topological polar surface area (TPSA) is 77.2 Å². The fourth-order valence-corrected chi connectivity index (χ4v) is 2.35. The van der Waals surface area contributed by atoms with Crippen LogP contribution in [0.25, 0.3) is 0 Å². The predicted octanol–water partition coefficient (Wildman–Crippen LogP) is 3.02. The van der Waals surface area contributed by atoms with E-state index in [2.05, 4.69) is 15.5 Å².